The fourth-order valence-corrected chi connectivity index (χ4v) is 2.71. The van der Waals surface area contributed by atoms with E-state index in [-0.39, 0.29) is 0 Å². The number of nitrogens with two attached hydrogens (primary N) is 1. The molecule has 5 heteroatoms. The van der Waals surface area contributed by atoms with Gasteiger partial charge in [-0.3, -0.25) is 0 Å². The zero-order chi connectivity index (χ0) is 15.0. The third-order valence-electron chi connectivity index (χ3n) is 3.82. The van der Waals surface area contributed by atoms with Crippen molar-refractivity contribution in [1.29, 1.82) is 0 Å². The van der Waals surface area contributed by atoms with Crippen LogP contribution in [0, 0.1) is 6.92 Å². The van der Waals surface area contributed by atoms with Gasteiger partial charge < -0.3 is 15.2 Å². The van der Waals surface area contributed by atoms with Crippen LogP contribution in [0.5, 0.6) is 0 Å². The summed E-state index contributed by atoms with van der Waals surface area (Å²) in [6.07, 6.45) is 2.29. The van der Waals surface area contributed by atoms with Gasteiger partial charge in [0.15, 0.2) is 5.82 Å². The third-order valence-corrected chi connectivity index (χ3v) is 3.82. The van der Waals surface area contributed by atoms with Gasteiger partial charge in [-0.15, -0.1) is 0 Å². The first-order valence-electron chi connectivity index (χ1n) is 7.40. The Morgan fingerprint density at radius 3 is 2.90 bits per heavy atom. The van der Waals surface area contributed by atoms with E-state index in [0.717, 1.165) is 19.4 Å². The molecular weight excluding hydrogens is 264 g/mol. The van der Waals surface area contributed by atoms with Crippen LogP contribution in [-0.2, 0) is 18.5 Å². The van der Waals surface area contributed by atoms with Crippen LogP contribution in [0.4, 0.5) is 5.69 Å². The first-order chi connectivity index (χ1) is 9.93. The summed E-state index contributed by atoms with van der Waals surface area (Å²) < 4.78 is 5.35. The molecule has 1 aromatic heterocycles. The molecule has 0 bridgehead atoms. The lowest BCUT2D eigenvalue weighted by molar-refractivity contribution is 0.358. The van der Waals surface area contributed by atoms with Gasteiger partial charge in [0.2, 0.25) is 5.89 Å². The van der Waals surface area contributed by atoms with Crippen molar-refractivity contribution in [1.82, 2.24) is 10.1 Å². The van der Waals surface area contributed by atoms with Gasteiger partial charge in [-0.05, 0) is 45.2 Å². The van der Waals surface area contributed by atoms with Gasteiger partial charge in [-0.25, -0.2) is 0 Å². The van der Waals surface area contributed by atoms with Crippen molar-refractivity contribution in [3.63, 3.8) is 0 Å². The molecule has 0 atom stereocenters. The van der Waals surface area contributed by atoms with Gasteiger partial charge in [0.05, 0.1) is 12.1 Å². The van der Waals surface area contributed by atoms with Crippen molar-refractivity contribution in [3.8, 4) is 0 Å². The molecule has 0 amide bonds. The van der Waals surface area contributed by atoms with Crippen LogP contribution in [0.3, 0.4) is 0 Å². The summed E-state index contributed by atoms with van der Waals surface area (Å²) in [6.45, 7) is 7.53. The van der Waals surface area contributed by atoms with E-state index in [9.17, 15) is 0 Å². The standard InChI is InChI=1S/C16H22N4O/c1-11-6-7-13-12(9-11)5-4-8-20(13)10-14-18-15(19-21-14)16(2,3)17/h6-7,9H,4-5,8,10,17H2,1-3H3. The fraction of sp³-hybridized carbons (Fsp3) is 0.500. The molecule has 0 radical (unpaired) electrons. The van der Waals surface area contributed by atoms with Crippen molar-refractivity contribution in [2.24, 2.45) is 5.73 Å². The van der Waals surface area contributed by atoms with E-state index in [2.05, 4.69) is 40.2 Å². The minimum atomic E-state index is -0.571. The molecule has 3 rings (SSSR count). The van der Waals surface area contributed by atoms with E-state index >= 15 is 0 Å². The molecule has 1 aliphatic heterocycles. The summed E-state index contributed by atoms with van der Waals surface area (Å²) in [4.78, 5) is 6.73. The van der Waals surface area contributed by atoms with Gasteiger partial charge in [0.1, 0.15) is 0 Å². The van der Waals surface area contributed by atoms with Gasteiger partial charge in [0, 0.05) is 12.2 Å². The highest BCUT2D eigenvalue weighted by Gasteiger charge is 2.23. The molecule has 5 nitrogen and oxygen atoms in total. The second-order valence-corrected chi connectivity index (χ2v) is 6.39. The summed E-state index contributed by atoms with van der Waals surface area (Å²) in [5, 5.41) is 3.99. The summed E-state index contributed by atoms with van der Waals surface area (Å²) in [5.74, 6) is 1.18. The molecule has 2 N–H and O–H groups in total. The predicted octanol–water partition coefficient (Wildman–Crippen LogP) is 2.52. The quantitative estimate of drug-likeness (QED) is 0.939. The molecule has 1 aliphatic rings. The molecule has 0 saturated heterocycles. The number of benzene rings is 1. The fourth-order valence-electron chi connectivity index (χ4n) is 2.71. The summed E-state index contributed by atoms with van der Waals surface area (Å²) in [6, 6.07) is 6.61. The number of hydrogen-bond acceptors (Lipinski definition) is 5. The molecule has 2 heterocycles. The van der Waals surface area contributed by atoms with Gasteiger partial charge in [-0.2, -0.15) is 4.98 Å². The zero-order valence-corrected chi connectivity index (χ0v) is 12.9. The minimum Gasteiger partial charge on any atom is -0.362 e. The van der Waals surface area contributed by atoms with Crippen LogP contribution in [0.15, 0.2) is 22.7 Å². The highest BCUT2D eigenvalue weighted by molar-refractivity contribution is 5.56. The van der Waals surface area contributed by atoms with Gasteiger partial charge in [-0.1, -0.05) is 22.9 Å². The maximum absolute atomic E-state index is 6.00. The Kier molecular flexibility index (Phi) is 3.45. The first kappa shape index (κ1) is 14.1. The Morgan fingerprint density at radius 2 is 2.19 bits per heavy atom. The van der Waals surface area contributed by atoms with Crippen molar-refractivity contribution < 1.29 is 4.52 Å². The summed E-state index contributed by atoms with van der Waals surface area (Å²) in [5.41, 5.74) is 9.41. The van der Waals surface area contributed by atoms with Crippen LogP contribution < -0.4 is 10.6 Å². The number of fused-ring (bicyclic) bond motifs is 1. The van der Waals surface area contributed by atoms with Crippen molar-refractivity contribution in [2.45, 2.75) is 45.7 Å². The van der Waals surface area contributed by atoms with Crippen molar-refractivity contribution in [3.05, 3.63) is 41.0 Å². The normalized spacial score (nSPS) is 15.1. The number of aromatic nitrogens is 2. The van der Waals surface area contributed by atoms with E-state index in [1.807, 2.05) is 13.8 Å². The zero-order valence-electron chi connectivity index (χ0n) is 12.9. The second kappa shape index (κ2) is 5.15. The van der Waals surface area contributed by atoms with Gasteiger partial charge >= 0.3 is 0 Å². The number of rotatable bonds is 3. The number of nitrogens with zero attached hydrogens (tertiary/aromatic N) is 3. The molecular formula is C16H22N4O. The highest BCUT2D eigenvalue weighted by atomic mass is 16.5. The lowest BCUT2D eigenvalue weighted by atomic mass is 9.99. The van der Waals surface area contributed by atoms with E-state index in [1.54, 1.807) is 0 Å². The third kappa shape index (κ3) is 2.93. The molecule has 2 aromatic rings. The molecule has 1 aromatic carbocycles. The van der Waals surface area contributed by atoms with E-state index in [1.165, 1.54) is 16.8 Å². The topological polar surface area (TPSA) is 68.2 Å². The van der Waals surface area contributed by atoms with Crippen LogP contribution in [0.1, 0.15) is 43.1 Å². The van der Waals surface area contributed by atoms with Crippen molar-refractivity contribution >= 4 is 5.69 Å². The number of anilines is 1. The average molecular weight is 286 g/mol. The summed E-state index contributed by atoms with van der Waals surface area (Å²) in [7, 11) is 0. The molecule has 0 unspecified atom stereocenters. The molecule has 0 aliphatic carbocycles. The maximum Gasteiger partial charge on any atom is 0.246 e. The van der Waals surface area contributed by atoms with Crippen LogP contribution in [-0.4, -0.2) is 16.7 Å². The maximum atomic E-state index is 6.00. The summed E-state index contributed by atoms with van der Waals surface area (Å²) >= 11 is 0. The highest BCUT2D eigenvalue weighted by Crippen LogP contribution is 2.29. The Labute approximate surface area is 125 Å². The van der Waals surface area contributed by atoms with Crippen LogP contribution in [0.25, 0.3) is 0 Å². The Hall–Kier alpha value is -1.88. The largest absolute Gasteiger partial charge is 0.362 e. The average Bonchev–Trinajstić information content (AvgIpc) is 2.87. The Morgan fingerprint density at radius 1 is 1.38 bits per heavy atom. The monoisotopic (exact) mass is 286 g/mol. The smallest absolute Gasteiger partial charge is 0.246 e. The van der Waals surface area contributed by atoms with Crippen molar-refractivity contribution in [2.75, 3.05) is 11.4 Å². The van der Waals surface area contributed by atoms with Crippen LogP contribution in [0.2, 0.25) is 0 Å². The van der Waals surface area contributed by atoms with E-state index in [0.29, 0.717) is 18.3 Å². The molecule has 21 heavy (non-hydrogen) atoms. The molecule has 0 fully saturated rings. The minimum absolute atomic E-state index is 0.554. The predicted molar refractivity (Wildman–Crippen MR) is 82.1 cm³/mol. The van der Waals surface area contributed by atoms with E-state index < -0.39 is 5.54 Å². The SMILES string of the molecule is Cc1ccc2c(c1)CCCN2Cc1nc(C(C)(C)N)no1. The van der Waals surface area contributed by atoms with Crippen LogP contribution >= 0.6 is 0 Å². The first-order valence-corrected chi connectivity index (χ1v) is 7.40. The van der Waals surface area contributed by atoms with Gasteiger partial charge in [0.25, 0.3) is 0 Å². The lowest BCUT2D eigenvalue weighted by Crippen LogP contribution is -2.31. The molecule has 0 spiro atoms. The second-order valence-electron chi connectivity index (χ2n) is 6.39. The number of aryl methyl sites for hydroxylation is 2. The molecule has 0 saturated carbocycles. The Balaban J connectivity index is 1.82. The van der Waals surface area contributed by atoms with E-state index in [4.69, 9.17) is 10.3 Å². The Bertz CT molecular complexity index is 642. The lowest BCUT2D eigenvalue weighted by Gasteiger charge is -2.30. The number of hydrogen-bond donors (Lipinski definition) is 1. The molecule has 112 valence electrons.